The van der Waals surface area contributed by atoms with E-state index in [-0.39, 0.29) is 6.08 Å². The number of halogens is 6. The van der Waals surface area contributed by atoms with E-state index in [9.17, 15) is 43.2 Å². The lowest BCUT2D eigenvalue weighted by atomic mass is 10.4. The van der Waals surface area contributed by atoms with Gasteiger partial charge in [0.05, 0.1) is 0 Å². The van der Waals surface area contributed by atoms with Crippen LogP contribution < -0.4 is 0 Å². The molecule has 4 nitrogen and oxygen atoms in total. The van der Waals surface area contributed by atoms with Gasteiger partial charge >= 0.3 is 11.0 Å². The Bertz CT molecular complexity index is 532. The van der Waals surface area contributed by atoms with Crippen molar-refractivity contribution in [2.45, 2.75) is 17.4 Å². The average Bonchev–Trinajstić information content (AvgIpc) is 2.13. The maximum absolute atomic E-state index is 12.1. The van der Waals surface area contributed by atoms with E-state index in [1.165, 1.54) is 0 Å². The smallest absolute Gasteiger partial charge is 0.214 e. The summed E-state index contributed by atoms with van der Waals surface area (Å²) in [5, 5.41) is 0. The summed E-state index contributed by atoms with van der Waals surface area (Å²) in [6.45, 7) is 2.92. The van der Waals surface area contributed by atoms with Gasteiger partial charge in [-0.25, -0.2) is 16.8 Å². The van der Waals surface area contributed by atoms with Gasteiger partial charge in [0.2, 0.25) is 0 Å². The third kappa shape index (κ3) is 3.49. The summed E-state index contributed by atoms with van der Waals surface area (Å²) in [6.07, 6.45) is -0.281. The Labute approximate surface area is 104 Å². The summed E-state index contributed by atoms with van der Waals surface area (Å²) in [4.78, 5) is 0. The van der Waals surface area contributed by atoms with Gasteiger partial charge in [-0.05, 0) is 12.5 Å². The molecule has 0 unspecified atom stereocenters. The molecule has 0 aliphatic rings. The Balaban J connectivity index is 6.30. The summed E-state index contributed by atoms with van der Waals surface area (Å²) in [5.74, 6) is 0. The van der Waals surface area contributed by atoms with E-state index in [1.807, 2.05) is 0 Å². The van der Waals surface area contributed by atoms with Crippen LogP contribution in [-0.2, 0) is 19.7 Å². The zero-order chi connectivity index (χ0) is 15.7. The van der Waals surface area contributed by atoms with Crippen molar-refractivity contribution in [3.8, 4) is 0 Å². The Morgan fingerprint density at radius 2 is 1.21 bits per heavy atom. The van der Waals surface area contributed by atoms with Gasteiger partial charge in [0.1, 0.15) is 0 Å². The molecule has 0 heterocycles. The van der Waals surface area contributed by atoms with Crippen LogP contribution in [0.4, 0.5) is 26.3 Å². The standard InChI is InChI=1S/C7H6F6O4S2/c1-2-3-4-5(18(14,15)6(8,9)10)19(16,17)7(11,12)13/h2,4H,1,3H2. The molecular weight excluding hydrogens is 326 g/mol. The highest BCUT2D eigenvalue weighted by atomic mass is 32.3. The molecule has 0 aliphatic heterocycles. The van der Waals surface area contributed by atoms with Crippen LogP contribution in [0.5, 0.6) is 0 Å². The summed E-state index contributed by atoms with van der Waals surface area (Å²) in [7, 11) is -13.3. The Hall–Kier alpha value is -1.04. The van der Waals surface area contributed by atoms with Gasteiger partial charge in [-0.15, -0.1) is 6.58 Å². The molecule has 0 amide bonds. The number of hydrogen-bond donors (Lipinski definition) is 0. The molecule has 0 bridgehead atoms. The Morgan fingerprint density at radius 1 is 0.895 bits per heavy atom. The summed E-state index contributed by atoms with van der Waals surface area (Å²) in [6, 6.07) is 0. The lowest BCUT2D eigenvalue weighted by molar-refractivity contribution is -0.0444. The molecule has 0 fully saturated rings. The molecule has 0 saturated carbocycles. The minimum Gasteiger partial charge on any atom is -0.214 e. The predicted octanol–water partition coefficient (Wildman–Crippen LogP) is 2.27. The lowest BCUT2D eigenvalue weighted by Crippen LogP contribution is -2.34. The zero-order valence-corrected chi connectivity index (χ0v) is 10.4. The molecule has 0 aromatic rings. The number of rotatable bonds is 4. The van der Waals surface area contributed by atoms with E-state index in [0.717, 1.165) is 6.08 Å². The highest BCUT2D eigenvalue weighted by molar-refractivity contribution is 8.15. The van der Waals surface area contributed by atoms with Crippen LogP contribution in [-0.4, -0.2) is 27.9 Å². The van der Waals surface area contributed by atoms with Crippen LogP contribution in [0.2, 0.25) is 0 Å². The fraction of sp³-hybridized carbons (Fsp3) is 0.429. The van der Waals surface area contributed by atoms with Gasteiger partial charge in [-0.2, -0.15) is 26.3 Å². The minimum atomic E-state index is -6.65. The molecule has 12 heteroatoms. The molecule has 0 aromatic carbocycles. The van der Waals surface area contributed by atoms with Crippen LogP contribution in [0.15, 0.2) is 23.0 Å². The van der Waals surface area contributed by atoms with Crippen molar-refractivity contribution in [3.05, 3.63) is 23.0 Å². The summed E-state index contributed by atoms with van der Waals surface area (Å²) in [5.41, 5.74) is -12.3. The van der Waals surface area contributed by atoms with E-state index in [0.29, 0.717) is 0 Å². The summed E-state index contributed by atoms with van der Waals surface area (Å²) < 4.78 is 113. The van der Waals surface area contributed by atoms with Crippen LogP contribution >= 0.6 is 0 Å². The molecule has 0 aliphatic carbocycles. The molecule has 0 radical (unpaired) electrons. The van der Waals surface area contributed by atoms with Gasteiger partial charge in [-0.1, -0.05) is 6.08 Å². The largest absolute Gasteiger partial charge is 0.502 e. The van der Waals surface area contributed by atoms with Crippen LogP contribution in [0, 0.1) is 0 Å². The predicted molar refractivity (Wildman–Crippen MR) is 52.8 cm³/mol. The van der Waals surface area contributed by atoms with Crippen molar-refractivity contribution in [2.75, 3.05) is 0 Å². The van der Waals surface area contributed by atoms with Crippen molar-refractivity contribution in [1.82, 2.24) is 0 Å². The van der Waals surface area contributed by atoms with Crippen LogP contribution in [0.3, 0.4) is 0 Å². The number of alkyl halides is 6. The SMILES string of the molecule is C=CCC=C(S(=O)(=O)C(F)(F)F)S(=O)(=O)C(F)(F)F. The molecule has 0 saturated heterocycles. The monoisotopic (exact) mass is 332 g/mol. The van der Waals surface area contributed by atoms with Crippen molar-refractivity contribution < 1.29 is 43.2 Å². The maximum Gasteiger partial charge on any atom is 0.502 e. The molecule has 0 rings (SSSR count). The van der Waals surface area contributed by atoms with Crippen molar-refractivity contribution in [1.29, 1.82) is 0 Å². The number of sulfone groups is 2. The van der Waals surface area contributed by atoms with Gasteiger partial charge in [0.25, 0.3) is 19.7 Å². The van der Waals surface area contributed by atoms with Crippen LogP contribution in [0.25, 0.3) is 0 Å². The highest BCUT2D eigenvalue weighted by Gasteiger charge is 2.59. The second-order valence-electron chi connectivity index (χ2n) is 2.95. The van der Waals surface area contributed by atoms with E-state index in [1.54, 1.807) is 0 Å². The fourth-order valence-corrected chi connectivity index (χ4v) is 3.58. The zero-order valence-electron chi connectivity index (χ0n) is 8.79. The van der Waals surface area contributed by atoms with E-state index in [4.69, 9.17) is 0 Å². The Kier molecular flexibility index (Phi) is 4.87. The van der Waals surface area contributed by atoms with Crippen molar-refractivity contribution >= 4 is 19.7 Å². The van der Waals surface area contributed by atoms with Crippen molar-refractivity contribution in [2.24, 2.45) is 0 Å². The molecule has 0 atom stereocenters. The van der Waals surface area contributed by atoms with Gasteiger partial charge in [0, 0.05) is 0 Å². The number of hydrogen-bond acceptors (Lipinski definition) is 4. The molecule has 19 heavy (non-hydrogen) atoms. The first-order valence-corrected chi connectivity index (χ1v) is 7.10. The second kappa shape index (κ2) is 5.15. The van der Waals surface area contributed by atoms with Gasteiger partial charge in [0.15, 0.2) is 4.24 Å². The molecule has 0 N–H and O–H groups in total. The molecular formula is C7H6F6O4S2. The maximum atomic E-state index is 12.1. The van der Waals surface area contributed by atoms with Crippen LogP contribution in [0.1, 0.15) is 6.42 Å². The molecule has 112 valence electrons. The van der Waals surface area contributed by atoms with E-state index < -0.39 is 41.3 Å². The lowest BCUT2D eigenvalue weighted by Gasteiger charge is -2.14. The topological polar surface area (TPSA) is 68.3 Å². The van der Waals surface area contributed by atoms with Gasteiger partial charge in [-0.3, -0.25) is 0 Å². The Morgan fingerprint density at radius 3 is 1.42 bits per heavy atom. The van der Waals surface area contributed by atoms with Gasteiger partial charge < -0.3 is 0 Å². The average molecular weight is 332 g/mol. The fourth-order valence-electron chi connectivity index (χ4n) is 0.772. The third-order valence-electron chi connectivity index (χ3n) is 1.59. The highest BCUT2D eigenvalue weighted by Crippen LogP contribution is 2.38. The first-order chi connectivity index (χ1) is 8.19. The minimum absolute atomic E-state index is 0.210. The molecule has 0 aromatic heterocycles. The number of allylic oxidation sites excluding steroid dienone is 2. The van der Waals surface area contributed by atoms with E-state index >= 15 is 0 Å². The van der Waals surface area contributed by atoms with E-state index in [2.05, 4.69) is 6.58 Å². The molecule has 0 spiro atoms. The second-order valence-corrected chi connectivity index (χ2v) is 7.02. The first kappa shape index (κ1) is 18.0. The first-order valence-electron chi connectivity index (χ1n) is 4.13. The normalized spacial score (nSPS) is 14.0. The third-order valence-corrected chi connectivity index (χ3v) is 5.52. The quantitative estimate of drug-likeness (QED) is 0.585. The summed E-state index contributed by atoms with van der Waals surface area (Å²) >= 11 is 0. The van der Waals surface area contributed by atoms with Crippen molar-refractivity contribution in [3.63, 3.8) is 0 Å².